The second-order valence-corrected chi connectivity index (χ2v) is 3.24. The smallest absolute Gasteiger partial charge is 0.196 e. The van der Waals surface area contributed by atoms with Crippen molar-refractivity contribution in [2.24, 2.45) is 0 Å². The number of methoxy groups -OCH3 is 1. The molecule has 4 heteroatoms. The maximum absolute atomic E-state index is 11.7. The topological polar surface area (TPSA) is 59.7 Å². The van der Waals surface area contributed by atoms with Crippen molar-refractivity contribution in [3.63, 3.8) is 0 Å². The van der Waals surface area contributed by atoms with Gasteiger partial charge in [0.15, 0.2) is 5.43 Å². The van der Waals surface area contributed by atoms with E-state index in [0.29, 0.717) is 22.5 Å². The normalized spacial score (nSPS) is 10.5. The molecule has 2 aromatic rings. The minimum atomic E-state index is -0.175. The Morgan fingerprint density at radius 3 is 2.73 bits per heavy atom. The zero-order valence-corrected chi connectivity index (χ0v) is 8.40. The van der Waals surface area contributed by atoms with E-state index < -0.39 is 0 Å². The van der Waals surface area contributed by atoms with E-state index in [1.54, 1.807) is 6.92 Å². The van der Waals surface area contributed by atoms with Gasteiger partial charge in [0.25, 0.3) is 0 Å². The first kappa shape index (κ1) is 9.58. The fraction of sp³-hybridized carbons (Fsp3) is 0.182. The lowest BCUT2D eigenvalue weighted by atomic mass is 10.2. The van der Waals surface area contributed by atoms with Crippen LogP contribution >= 0.6 is 0 Å². The Kier molecular flexibility index (Phi) is 2.11. The van der Waals surface area contributed by atoms with Crippen LogP contribution in [0.15, 0.2) is 27.4 Å². The van der Waals surface area contributed by atoms with Crippen molar-refractivity contribution < 1.29 is 14.3 Å². The lowest BCUT2D eigenvalue weighted by Crippen LogP contribution is -2.02. The van der Waals surface area contributed by atoms with E-state index in [9.17, 15) is 9.90 Å². The number of phenolic OH excluding ortho intramolecular Hbond substituents is 1. The average molecular weight is 206 g/mol. The molecule has 0 atom stereocenters. The van der Waals surface area contributed by atoms with E-state index in [1.807, 2.05) is 0 Å². The third kappa shape index (κ3) is 1.54. The van der Waals surface area contributed by atoms with E-state index in [2.05, 4.69) is 0 Å². The predicted molar refractivity (Wildman–Crippen MR) is 55.4 cm³/mol. The summed E-state index contributed by atoms with van der Waals surface area (Å²) in [5, 5.41) is 9.73. The molecule has 1 aromatic heterocycles. The van der Waals surface area contributed by atoms with Crippen LogP contribution in [0.25, 0.3) is 11.0 Å². The molecule has 1 N–H and O–H groups in total. The van der Waals surface area contributed by atoms with Crippen LogP contribution in [0.5, 0.6) is 11.5 Å². The van der Waals surface area contributed by atoms with E-state index in [4.69, 9.17) is 9.15 Å². The standard InChI is InChI=1S/C11H10O4/c1-6-3-8(13)11-9(14-2)4-7(12)5-10(11)15-6/h3-5,12H,1-2H3. The van der Waals surface area contributed by atoms with Gasteiger partial charge in [0.2, 0.25) is 0 Å². The SMILES string of the molecule is COc1cc(O)cc2oc(C)cc(=O)c12. The van der Waals surface area contributed by atoms with Gasteiger partial charge in [0.1, 0.15) is 28.2 Å². The molecule has 0 saturated carbocycles. The average Bonchev–Trinajstić information content (AvgIpc) is 2.14. The molecule has 0 unspecified atom stereocenters. The van der Waals surface area contributed by atoms with Gasteiger partial charge in [-0.15, -0.1) is 0 Å². The number of aromatic hydroxyl groups is 1. The monoisotopic (exact) mass is 206 g/mol. The molecule has 0 aliphatic heterocycles. The molecule has 4 nitrogen and oxygen atoms in total. The summed E-state index contributed by atoms with van der Waals surface area (Å²) in [7, 11) is 1.44. The first-order chi connectivity index (χ1) is 7.11. The third-order valence-electron chi connectivity index (χ3n) is 2.12. The summed E-state index contributed by atoms with van der Waals surface area (Å²) in [5.41, 5.74) is 0.155. The van der Waals surface area contributed by atoms with E-state index >= 15 is 0 Å². The molecular formula is C11H10O4. The molecule has 1 heterocycles. The second kappa shape index (κ2) is 3.31. The molecule has 1 aromatic carbocycles. The first-order valence-electron chi connectivity index (χ1n) is 4.43. The van der Waals surface area contributed by atoms with E-state index in [-0.39, 0.29) is 11.2 Å². The van der Waals surface area contributed by atoms with Crippen LogP contribution in [-0.2, 0) is 0 Å². The highest BCUT2D eigenvalue weighted by atomic mass is 16.5. The van der Waals surface area contributed by atoms with Crippen molar-refractivity contribution in [1.29, 1.82) is 0 Å². The molecule has 0 bridgehead atoms. The van der Waals surface area contributed by atoms with Gasteiger partial charge >= 0.3 is 0 Å². The van der Waals surface area contributed by atoms with Crippen LogP contribution in [0.3, 0.4) is 0 Å². The van der Waals surface area contributed by atoms with E-state index in [1.165, 1.54) is 25.3 Å². The highest BCUT2D eigenvalue weighted by molar-refractivity contribution is 5.84. The fourth-order valence-electron chi connectivity index (χ4n) is 1.52. The minimum absolute atomic E-state index is 0.00750. The number of hydrogen-bond acceptors (Lipinski definition) is 4. The van der Waals surface area contributed by atoms with Crippen molar-refractivity contribution in [2.45, 2.75) is 6.92 Å². The molecule has 0 aliphatic carbocycles. The third-order valence-corrected chi connectivity index (χ3v) is 2.12. The van der Waals surface area contributed by atoms with Crippen molar-refractivity contribution in [3.05, 3.63) is 34.2 Å². The lowest BCUT2D eigenvalue weighted by molar-refractivity contribution is 0.411. The van der Waals surface area contributed by atoms with Crippen LogP contribution in [0.2, 0.25) is 0 Å². The summed E-state index contributed by atoms with van der Waals surface area (Å²) in [5.74, 6) is 0.826. The largest absolute Gasteiger partial charge is 0.508 e. The van der Waals surface area contributed by atoms with Gasteiger partial charge < -0.3 is 14.3 Å². The number of phenols is 1. The molecule has 15 heavy (non-hydrogen) atoms. The van der Waals surface area contributed by atoms with Crippen LogP contribution in [0.1, 0.15) is 5.76 Å². The second-order valence-electron chi connectivity index (χ2n) is 3.24. The number of hydrogen-bond donors (Lipinski definition) is 1. The molecule has 0 aliphatic rings. The van der Waals surface area contributed by atoms with Gasteiger partial charge in [-0.25, -0.2) is 0 Å². The quantitative estimate of drug-likeness (QED) is 0.773. The Labute approximate surface area is 85.7 Å². The minimum Gasteiger partial charge on any atom is -0.508 e. The maximum Gasteiger partial charge on any atom is 0.196 e. The predicted octanol–water partition coefficient (Wildman–Crippen LogP) is 1.82. The first-order valence-corrected chi connectivity index (χ1v) is 4.43. The molecule has 78 valence electrons. The summed E-state index contributed by atoms with van der Waals surface area (Å²) in [6, 6.07) is 4.17. The Morgan fingerprint density at radius 2 is 2.07 bits per heavy atom. The van der Waals surface area contributed by atoms with Gasteiger partial charge in [-0.2, -0.15) is 0 Å². The maximum atomic E-state index is 11.7. The Balaban J connectivity index is 2.96. The molecule has 2 rings (SSSR count). The molecule has 0 fully saturated rings. The summed E-state index contributed by atoms with van der Waals surface area (Å²) >= 11 is 0. The van der Waals surface area contributed by atoms with Crippen LogP contribution in [-0.4, -0.2) is 12.2 Å². The fourth-order valence-corrected chi connectivity index (χ4v) is 1.52. The number of rotatable bonds is 1. The zero-order valence-electron chi connectivity index (χ0n) is 8.40. The van der Waals surface area contributed by atoms with Crippen LogP contribution in [0.4, 0.5) is 0 Å². The Bertz CT molecular complexity index is 563. The van der Waals surface area contributed by atoms with Crippen molar-refractivity contribution in [3.8, 4) is 11.5 Å². The summed E-state index contributed by atoms with van der Waals surface area (Å²) in [6.45, 7) is 1.68. The van der Waals surface area contributed by atoms with Gasteiger partial charge in [-0.3, -0.25) is 4.79 Å². The molecular weight excluding hydrogens is 196 g/mol. The van der Waals surface area contributed by atoms with Crippen molar-refractivity contribution >= 4 is 11.0 Å². The number of benzene rings is 1. The van der Waals surface area contributed by atoms with Crippen molar-refractivity contribution in [2.75, 3.05) is 7.11 Å². The van der Waals surface area contributed by atoms with Crippen molar-refractivity contribution in [1.82, 2.24) is 0 Å². The Morgan fingerprint density at radius 1 is 1.33 bits per heavy atom. The highest BCUT2D eigenvalue weighted by Crippen LogP contribution is 2.28. The van der Waals surface area contributed by atoms with Gasteiger partial charge in [0.05, 0.1) is 7.11 Å². The molecule has 0 saturated heterocycles. The summed E-state index contributed by atoms with van der Waals surface area (Å²) in [6.07, 6.45) is 0. The number of fused-ring (bicyclic) bond motifs is 1. The highest BCUT2D eigenvalue weighted by Gasteiger charge is 2.10. The van der Waals surface area contributed by atoms with Gasteiger partial charge in [0, 0.05) is 18.2 Å². The lowest BCUT2D eigenvalue weighted by Gasteiger charge is -2.05. The van der Waals surface area contributed by atoms with Gasteiger partial charge in [-0.1, -0.05) is 0 Å². The molecule has 0 radical (unpaired) electrons. The number of aryl methyl sites for hydroxylation is 1. The zero-order chi connectivity index (χ0) is 11.0. The Hall–Kier alpha value is -1.97. The number of ether oxygens (including phenoxy) is 1. The summed E-state index contributed by atoms with van der Waals surface area (Å²) < 4.78 is 10.3. The van der Waals surface area contributed by atoms with Gasteiger partial charge in [-0.05, 0) is 6.92 Å². The molecule has 0 spiro atoms. The van der Waals surface area contributed by atoms with Crippen LogP contribution < -0.4 is 10.2 Å². The summed E-state index contributed by atoms with van der Waals surface area (Å²) in [4.78, 5) is 11.7. The van der Waals surface area contributed by atoms with Crippen LogP contribution in [0, 0.1) is 6.92 Å². The molecule has 0 amide bonds. The van der Waals surface area contributed by atoms with E-state index in [0.717, 1.165) is 0 Å².